The minimum absolute atomic E-state index is 0.0863. The standard InChI is InChI=1S/C7H7N3O3/c11-7(12)5-3-4-6(10-9-5)13-2-1-8-4/h3,8H,1-2H2,(H,11,12). The summed E-state index contributed by atoms with van der Waals surface area (Å²) in [6.45, 7) is 1.17. The van der Waals surface area contributed by atoms with Crippen LogP contribution in [0.3, 0.4) is 0 Å². The fourth-order valence-electron chi connectivity index (χ4n) is 1.05. The molecule has 1 aromatic rings. The van der Waals surface area contributed by atoms with Gasteiger partial charge in [-0.25, -0.2) is 4.79 Å². The van der Waals surface area contributed by atoms with Gasteiger partial charge in [0.1, 0.15) is 12.3 Å². The first kappa shape index (κ1) is 7.78. The van der Waals surface area contributed by atoms with Crippen molar-refractivity contribution < 1.29 is 14.6 Å². The van der Waals surface area contributed by atoms with Crippen LogP contribution in [0.15, 0.2) is 6.07 Å². The highest BCUT2D eigenvalue weighted by Crippen LogP contribution is 2.23. The average Bonchev–Trinajstić information content (AvgIpc) is 2.17. The highest BCUT2D eigenvalue weighted by molar-refractivity contribution is 5.86. The zero-order valence-corrected chi connectivity index (χ0v) is 6.65. The molecule has 6 nitrogen and oxygen atoms in total. The molecule has 2 rings (SSSR count). The van der Waals surface area contributed by atoms with Crippen molar-refractivity contribution >= 4 is 11.7 Å². The van der Waals surface area contributed by atoms with Crippen molar-refractivity contribution in [2.24, 2.45) is 0 Å². The van der Waals surface area contributed by atoms with Crippen LogP contribution in [0.2, 0.25) is 0 Å². The van der Waals surface area contributed by atoms with Gasteiger partial charge in [-0.05, 0) is 0 Å². The van der Waals surface area contributed by atoms with Crippen LogP contribution in [-0.4, -0.2) is 34.4 Å². The first-order valence-corrected chi connectivity index (χ1v) is 3.75. The number of hydrogen-bond acceptors (Lipinski definition) is 5. The Morgan fingerprint density at radius 3 is 3.23 bits per heavy atom. The summed E-state index contributed by atoms with van der Waals surface area (Å²) >= 11 is 0. The van der Waals surface area contributed by atoms with Crippen molar-refractivity contribution in [1.82, 2.24) is 10.2 Å². The summed E-state index contributed by atoms with van der Waals surface area (Å²) in [5.74, 6) is -0.737. The highest BCUT2D eigenvalue weighted by Gasteiger charge is 2.15. The predicted octanol–water partition coefficient (Wildman–Crippen LogP) is -0.0209. The minimum Gasteiger partial charge on any atom is -0.476 e. The third-order valence-corrected chi connectivity index (χ3v) is 1.64. The summed E-state index contributed by atoms with van der Waals surface area (Å²) in [6.07, 6.45) is 0. The topological polar surface area (TPSA) is 84.3 Å². The van der Waals surface area contributed by atoms with Crippen LogP contribution in [0.25, 0.3) is 0 Å². The van der Waals surface area contributed by atoms with Gasteiger partial charge in [-0.2, -0.15) is 0 Å². The van der Waals surface area contributed by atoms with Crippen molar-refractivity contribution in [2.75, 3.05) is 18.5 Å². The van der Waals surface area contributed by atoms with Gasteiger partial charge in [0.15, 0.2) is 5.69 Å². The molecule has 2 heterocycles. The SMILES string of the molecule is O=C(O)c1cc2c(nn1)OCCN2. The lowest BCUT2D eigenvalue weighted by Crippen LogP contribution is -2.20. The molecule has 0 saturated carbocycles. The summed E-state index contributed by atoms with van der Waals surface area (Å²) in [5, 5.41) is 18.7. The highest BCUT2D eigenvalue weighted by atomic mass is 16.5. The lowest BCUT2D eigenvalue weighted by molar-refractivity contribution is 0.0689. The van der Waals surface area contributed by atoms with Gasteiger partial charge in [0.25, 0.3) is 5.88 Å². The van der Waals surface area contributed by atoms with E-state index in [-0.39, 0.29) is 5.69 Å². The summed E-state index contributed by atoms with van der Waals surface area (Å²) < 4.78 is 5.13. The molecular formula is C7H7N3O3. The van der Waals surface area contributed by atoms with E-state index in [1.54, 1.807) is 0 Å². The van der Waals surface area contributed by atoms with Gasteiger partial charge in [-0.3, -0.25) is 0 Å². The number of ether oxygens (including phenoxy) is 1. The lowest BCUT2D eigenvalue weighted by Gasteiger charge is -2.16. The molecular weight excluding hydrogens is 174 g/mol. The molecule has 6 heteroatoms. The fourth-order valence-corrected chi connectivity index (χ4v) is 1.05. The van der Waals surface area contributed by atoms with E-state index in [1.165, 1.54) is 6.07 Å². The second-order valence-electron chi connectivity index (χ2n) is 2.53. The van der Waals surface area contributed by atoms with Crippen LogP contribution in [0.1, 0.15) is 10.5 Å². The molecule has 0 saturated heterocycles. The Balaban J connectivity index is 2.40. The maximum atomic E-state index is 10.5. The minimum atomic E-state index is -1.09. The summed E-state index contributed by atoms with van der Waals surface area (Å²) in [4.78, 5) is 10.5. The zero-order chi connectivity index (χ0) is 9.26. The van der Waals surface area contributed by atoms with Crippen LogP contribution >= 0.6 is 0 Å². The lowest BCUT2D eigenvalue weighted by atomic mass is 10.3. The van der Waals surface area contributed by atoms with Crippen LogP contribution in [0.4, 0.5) is 5.69 Å². The molecule has 1 aromatic heterocycles. The molecule has 0 aromatic carbocycles. The number of carboxylic acids is 1. The Bertz CT molecular complexity index is 353. The monoisotopic (exact) mass is 181 g/mol. The first-order valence-electron chi connectivity index (χ1n) is 3.75. The van der Waals surface area contributed by atoms with Gasteiger partial charge in [-0.15, -0.1) is 10.2 Å². The van der Waals surface area contributed by atoms with Crippen molar-refractivity contribution in [3.8, 4) is 5.88 Å². The molecule has 0 atom stereocenters. The summed E-state index contributed by atoms with van der Waals surface area (Å²) in [5.41, 5.74) is 0.496. The second-order valence-corrected chi connectivity index (χ2v) is 2.53. The molecule has 1 aliphatic heterocycles. The Kier molecular flexibility index (Phi) is 1.73. The van der Waals surface area contributed by atoms with Gasteiger partial charge < -0.3 is 15.2 Å². The van der Waals surface area contributed by atoms with Crippen LogP contribution < -0.4 is 10.1 Å². The third kappa shape index (κ3) is 1.37. The van der Waals surface area contributed by atoms with E-state index in [1.807, 2.05) is 0 Å². The van der Waals surface area contributed by atoms with Gasteiger partial charge >= 0.3 is 5.97 Å². The Morgan fingerprint density at radius 2 is 2.46 bits per heavy atom. The van der Waals surface area contributed by atoms with E-state index in [9.17, 15) is 4.79 Å². The average molecular weight is 181 g/mol. The van der Waals surface area contributed by atoms with Crippen LogP contribution in [0.5, 0.6) is 5.88 Å². The number of hydrogen-bond donors (Lipinski definition) is 2. The van der Waals surface area contributed by atoms with Gasteiger partial charge in [0.2, 0.25) is 0 Å². The Labute approximate surface area is 73.5 Å². The number of aromatic nitrogens is 2. The molecule has 0 fully saturated rings. The van der Waals surface area contributed by atoms with E-state index in [4.69, 9.17) is 9.84 Å². The molecule has 1 aliphatic rings. The van der Waals surface area contributed by atoms with Gasteiger partial charge in [-0.1, -0.05) is 0 Å². The normalized spacial score (nSPS) is 13.8. The zero-order valence-electron chi connectivity index (χ0n) is 6.65. The van der Waals surface area contributed by atoms with Crippen molar-refractivity contribution in [3.05, 3.63) is 11.8 Å². The quantitative estimate of drug-likeness (QED) is 0.633. The molecule has 0 spiro atoms. The number of carboxylic acid groups (broad SMARTS) is 1. The first-order chi connectivity index (χ1) is 6.27. The van der Waals surface area contributed by atoms with E-state index >= 15 is 0 Å². The summed E-state index contributed by atoms with van der Waals surface area (Å²) in [7, 11) is 0. The molecule has 0 unspecified atom stereocenters. The van der Waals surface area contributed by atoms with E-state index in [0.29, 0.717) is 24.7 Å². The number of carbonyl (C=O) groups is 1. The fraction of sp³-hybridized carbons (Fsp3) is 0.286. The van der Waals surface area contributed by atoms with Crippen molar-refractivity contribution in [2.45, 2.75) is 0 Å². The van der Waals surface area contributed by atoms with Crippen molar-refractivity contribution in [3.63, 3.8) is 0 Å². The Morgan fingerprint density at radius 1 is 1.62 bits per heavy atom. The Hall–Kier alpha value is -1.85. The molecule has 2 N–H and O–H groups in total. The largest absolute Gasteiger partial charge is 0.476 e. The maximum absolute atomic E-state index is 10.5. The number of rotatable bonds is 1. The van der Waals surface area contributed by atoms with Crippen molar-refractivity contribution in [1.29, 1.82) is 0 Å². The maximum Gasteiger partial charge on any atom is 0.356 e. The van der Waals surface area contributed by atoms with Crippen LogP contribution in [-0.2, 0) is 0 Å². The second kappa shape index (κ2) is 2.89. The number of fused-ring (bicyclic) bond motifs is 1. The third-order valence-electron chi connectivity index (χ3n) is 1.64. The molecule has 0 aliphatic carbocycles. The van der Waals surface area contributed by atoms with Crippen LogP contribution in [0, 0.1) is 0 Å². The number of nitrogens with one attached hydrogen (secondary N) is 1. The van der Waals surface area contributed by atoms with E-state index in [2.05, 4.69) is 15.5 Å². The van der Waals surface area contributed by atoms with E-state index in [0.717, 1.165) is 0 Å². The number of nitrogens with zero attached hydrogens (tertiary/aromatic N) is 2. The molecule has 0 radical (unpaired) electrons. The molecule has 13 heavy (non-hydrogen) atoms. The van der Waals surface area contributed by atoms with E-state index < -0.39 is 5.97 Å². The molecule has 0 amide bonds. The smallest absolute Gasteiger partial charge is 0.356 e. The predicted molar refractivity (Wildman–Crippen MR) is 43.0 cm³/mol. The summed E-state index contributed by atoms with van der Waals surface area (Å²) in [6, 6.07) is 1.41. The molecule has 0 bridgehead atoms. The van der Waals surface area contributed by atoms with Gasteiger partial charge in [0.05, 0.1) is 0 Å². The number of anilines is 1. The number of aromatic carboxylic acids is 1. The van der Waals surface area contributed by atoms with Gasteiger partial charge in [0, 0.05) is 12.6 Å². The molecule has 68 valence electrons.